The lowest BCUT2D eigenvalue weighted by Crippen LogP contribution is -2.24. The maximum atomic E-state index is 12.9. The van der Waals surface area contributed by atoms with E-state index in [4.69, 9.17) is 0 Å². The van der Waals surface area contributed by atoms with Crippen LogP contribution in [-0.2, 0) is 17.8 Å². The molecule has 158 valence electrons. The highest BCUT2D eigenvalue weighted by Gasteiger charge is 2.13. The number of carbonyl (C=O) groups excluding carboxylic acids is 1. The number of rotatable bonds is 10. The number of para-hydroxylation sites is 1. The third kappa shape index (κ3) is 5.72. The minimum atomic E-state index is -0.106. The molecular formula is C24H29N3O2S. The average Bonchev–Trinajstić information content (AvgIpc) is 2.77. The van der Waals surface area contributed by atoms with Gasteiger partial charge in [-0.25, -0.2) is 4.98 Å². The van der Waals surface area contributed by atoms with Gasteiger partial charge in [0.25, 0.3) is 5.56 Å². The largest absolute Gasteiger partial charge is 0.325 e. The maximum Gasteiger partial charge on any atom is 0.262 e. The van der Waals surface area contributed by atoms with Gasteiger partial charge in [0.1, 0.15) is 0 Å². The predicted molar refractivity (Wildman–Crippen MR) is 125 cm³/mol. The summed E-state index contributed by atoms with van der Waals surface area (Å²) in [7, 11) is 0. The number of hydrogen-bond acceptors (Lipinski definition) is 4. The van der Waals surface area contributed by atoms with Crippen LogP contribution < -0.4 is 10.9 Å². The van der Waals surface area contributed by atoms with E-state index < -0.39 is 0 Å². The highest BCUT2D eigenvalue weighted by Crippen LogP contribution is 2.19. The van der Waals surface area contributed by atoms with Crippen molar-refractivity contribution in [1.82, 2.24) is 9.55 Å². The maximum absolute atomic E-state index is 12.9. The number of amides is 1. The van der Waals surface area contributed by atoms with Gasteiger partial charge in [-0.2, -0.15) is 0 Å². The lowest BCUT2D eigenvalue weighted by molar-refractivity contribution is -0.113. The number of anilines is 1. The van der Waals surface area contributed by atoms with Gasteiger partial charge in [0.15, 0.2) is 5.16 Å². The monoisotopic (exact) mass is 423 g/mol. The predicted octanol–water partition coefficient (Wildman–Crippen LogP) is 5.27. The number of nitrogens with zero attached hydrogens (tertiary/aromatic N) is 2. The minimum absolute atomic E-state index is 0.0420. The molecule has 5 nitrogen and oxygen atoms in total. The van der Waals surface area contributed by atoms with E-state index in [0.29, 0.717) is 22.6 Å². The molecule has 30 heavy (non-hydrogen) atoms. The average molecular weight is 424 g/mol. The zero-order valence-corrected chi connectivity index (χ0v) is 18.5. The van der Waals surface area contributed by atoms with E-state index in [1.807, 2.05) is 30.3 Å². The van der Waals surface area contributed by atoms with Gasteiger partial charge in [0.2, 0.25) is 5.91 Å². The highest BCUT2D eigenvalue weighted by molar-refractivity contribution is 7.99. The number of hydrogen-bond donors (Lipinski definition) is 1. The van der Waals surface area contributed by atoms with E-state index in [0.717, 1.165) is 24.9 Å². The molecule has 1 aromatic heterocycles. The van der Waals surface area contributed by atoms with E-state index >= 15 is 0 Å². The summed E-state index contributed by atoms with van der Waals surface area (Å²) in [6.45, 7) is 4.88. The molecule has 0 unspecified atom stereocenters. The number of benzene rings is 2. The first-order valence-corrected chi connectivity index (χ1v) is 11.6. The SMILES string of the molecule is CCCCc1ccc(NC(=O)CSc2nc3ccccc3c(=O)n2CCCC)cc1. The molecule has 1 heterocycles. The molecule has 0 aliphatic rings. The van der Waals surface area contributed by atoms with Crippen LogP contribution in [0.3, 0.4) is 0 Å². The third-order valence-corrected chi connectivity index (χ3v) is 5.93. The number of unbranched alkanes of at least 4 members (excludes halogenated alkanes) is 2. The first kappa shape index (κ1) is 22.1. The van der Waals surface area contributed by atoms with Crippen molar-refractivity contribution in [3.8, 4) is 0 Å². The van der Waals surface area contributed by atoms with E-state index in [2.05, 4.69) is 36.3 Å². The van der Waals surface area contributed by atoms with Crippen LogP contribution in [0.25, 0.3) is 10.9 Å². The van der Waals surface area contributed by atoms with Gasteiger partial charge in [-0.05, 0) is 49.1 Å². The second-order valence-electron chi connectivity index (χ2n) is 7.36. The number of thioether (sulfide) groups is 1. The second kappa shape index (κ2) is 11.0. The first-order valence-electron chi connectivity index (χ1n) is 10.6. The Labute approximate surface area is 181 Å². The first-order chi connectivity index (χ1) is 14.6. The molecule has 0 bridgehead atoms. The number of aryl methyl sites for hydroxylation is 1. The number of carbonyl (C=O) groups is 1. The van der Waals surface area contributed by atoms with Gasteiger partial charge in [0.05, 0.1) is 16.7 Å². The van der Waals surface area contributed by atoms with Crippen molar-refractivity contribution in [2.24, 2.45) is 0 Å². The summed E-state index contributed by atoms with van der Waals surface area (Å²) in [5, 5.41) is 4.15. The fourth-order valence-electron chi connectivity index (χ4n) is 3.23. The van der Waals surface area contributed by atoms with Crippen LogP contribution in [-0.4, -0.2) is 21.2 Å². The van der Waals surface area contributed by atoms with Gasteiger partial charge >= 0.3 is 0 Å². The van der Waals surface area contributed by atoms with Crippen LogP contribution in [0.15, 0.2) is 58.5 Å². The fraction of sp³-hybridized carbons (Fsp3) is 0.375. The van der Waals surface area contributed by atoms with E-state index in [9.17, 15) is 9.59 Å². The van der Waals surface area contributed by atoms with Crippen LogP contribution >= 0.6 is 11.8 Å². The van der Waals surface area contributed by atoms with Crippen molar-refractivity contribution in [3.63, 3.8) is 0 Å². The summed E-state index contributed by atoms with van der Waals surface area (Å²) in [6, 6.07) is 15.4. The number of nitrogens with one attached hydrogen (secondary N) is 1. The molecule has 1 amide bonds. The van der Waals surface area contributed by atoms with Crippen LogP contribution in [0.4, 0.5) is 5.69 Å². The molecule has 2 aromatic carbocycles. The van der Waals surface area contributed by atoms with Crippen LogP contribution in [0.1, 0.15) is 45.1 Å². The fourth-order valence-corrected chi connectivity index (χ4v) is 4.06. The Bertz CT molecular complexity index is 1040. The number of fused-ring (bicyclic) bond motifs is 1. The summed E-state index contributed by atoms with van der Waals surface area (Å²) < 4.78 is 1.70. The van der Waals surface area contributed by atoms with Crippen molar-refractivity contribution < 1.29 is 4.79 Å². The Morgan fingerprint density at radius 3 is 2.50 bits per heavy atom. The Kier molecular flexibility index (Phi) is 8.08. The van der Waals surface area contributed by atoms with Gasteiger partial charge in [-0.1, -0.05) is 62.7 Å². The summed E-state index contributed by atoms with van der Waals surface area (Å²) in [4.78, 5) is 30.0. The Morgan fingerprint density at radius 2 is 1.77 bits per heavy atom. The zero-order valence-electron chi connectivity index (χ0n) is 17.7. The van der Waals surface area contributed by atoms with Crippen LogP contribution in [0.5, 0.6) is 0 Å². The molecule has 3 rings (SSSR count). The van der Waals surface area contributed by atoms with Gasteiger partial charge < -0.3 is 5.32 Å². The van der Waals surface area contributed by atoms with Gasteiger partial charge in [-0.15, -0.1) is 0 Å². The topological polar surface area (TPSA) is 64.0 Å². The second-order valence-corrected chi connectivity index (χ2v) is 8.30. The molecule has 0 radical (unpaired) electrons. The summed E-state index contributed by atoms with van der Waals surface area (Å²) in [5.41, 5.74) is 2.70. The van der Waals surface area contributed by atoms with Gasteiger partial charge in [0, 0.05) is 12.2 Å². The summed E-state index contributed by atoms with van der Waals surface area (Å²) >= 11 is 1.31. The lowest BCUT2D eigenvalue weighted by atomic mass is 10.1. The quantitative estimate of drug-likeness (QED) is 0.356. The summed E-state index contributed by atoms with van der Waals surface area (Å²) in [5.74, 6) is 0.0971. The van der Waals surface area contributed by atoms with Crippen molar-refractivity contribution in [2.75, 3.05) is 11.1 Å². The molecule has 0 saturated carbocycles. The van der Waals surface area contributed by atoms with Gasteiger partial charge in [-0.3, -0.25) is 14.2 Å². The third-order valence-electron chi connectivity index (χ3n) is 4.95. The molecule has 0 aliphatic heterocycles. The Morgan fingerprint density at radius 1 is 1.03 bits per heavy atom. The molecule has 0 aliphatic carbocycles. The van der Waals surface area contributed by atoms with E-state index in [1.165, 1.54) is 30.2 Å². The molecule has 6 heteroatoms. The minimum Gasteiger partial charge on any atom is -0.325 e. The zero-order chi connectivity index (χ0) is 21.3. The molecule has 1 N–H and O–H groups in total. The van der Waals surface area contributed by atoms with Crippen LogP contribution in [0, 0.1) is 0 Å². The van der Waals surface area contributed by atoms with Crippen molar-refractivity contribution in [3.05, 3.63) is 64.4 Å². The highest BCUT2D eigenvalue weighted by atomic mass is 32.2. The molecule has 0 spiro atoms. The van der Waals surface area contributed by atoms with Crippen molar-refractivity contribution in [2.45, 2.75) is 57.7 Å². The molecule has 0 fully saturated rings. The van der Waals surface area contributed by atoms with Crippen LogP contribution in [0.2, 0.25) is 0 Å². The number of aromatic nitrogens is 2. The summed E-state index contributed by atoms with van der Waals surface area (Å²) in [6.07, 6.45) is 5.27. The molecule has 3 aromatic rings. The Balaban J connectivity index is 1.69. The smallest absolute Gasteiger partial charge is 0.262 e. The Hall–Kier alpha value is -2.60. The molecule has 0 saturated heterocycles. The van der Waals surface area contributed by atoms with Crippen molar-refractivity contribution in [1.29, 1.82) is 0 Å². The normalized spacial score (nSPS) is 11.0. The standard InChI is InChI=1S/C24H29N3O2S/c1-3-5-9-18-12-14-19(15-13-18)25-22(28)17-30-24-26-21-11-8-7-10-20(21)23(29)27(24)16-6-4-2/h7-8,10-15H,3-6,9,16-17H2,1-2H3,(H,25,28). The van der Waals surface area contributed by atoms with Crippen molar-refractivity contribution >= 4 is 34.3 Å². The lowest BCUT2D eigenvalue weighted by Gasteiger charge is -2.13. The van der Waals surface area contributed by atoms with E-state index in [-0.39, 0.29) is 17.2 Å². The molecule has 0 atom stereocenters. The molecular weight excluding hydrogens is 394 g/mol. The van der Waals surface area contributed by atoms with E-state index in [1.54, 1.807) is 10.6 Å².